The Bertz CT molecular complexity index is 412. The van der Waals surface area contributed by atoms with Gasteiger partial charge in [-0.3, -0.25) is 4.79 Å². The predicted molar refractivity (Wildman–Crippen MR) is 82.2 cm³/mol. The molecule has 1 aromatic rings. The SMILES string of the molecule is CCN[C@H](C)CNC(=O)CCOc1cc(C)cc(C)c1. The second-order valence-corrected chi connectivity index (χ2v) is 5.18. The molecule has 4 nitrogen and oxygen atoms in total. The van der Waals surface area contributed by atoms with E-state index >= 15 is 0 Å². The lowest BCUT2D eigenvalue weighted by atomic mass is 10.1. The van der Waals surface area contributed by atoms with Crippen molar-refractivity contribution >= 4 is 5.91 Å². The van der Waals surface area contributed by atoms with Gasteiger partial charge >= 0.3 is 0 Å². The fourth-order valence-corrected chi connectivity index (χ4v) is 2.05. The lowest BCUT2D eigenvalue weighted by Crippen LogP contribution is -2.39. The number of ether oxygens (including phenoxy) is 1. The standard InChI is InChI=1S/C16H26N2O2/c1-5-17-14(4)11-18-16(19)6-7-20-15-9-12(2)8-13(3)10-15/h8-10,14,17H,5-7,11H2,1-4H3,(H,18,19)/t14-/m1/s1. The summed E-state index contributed by atoms with van der Waals surface area (Å²) in [6.07, 6.45) is 0.381. The third-order valence-electron chi connectivity index (χ3n) is 2.95. The van der Waals surface area contributed by atoms with Gasteiger partial charge in [0.1, 0.15) is 5.75 Å². The summed E-state index contributed by atoms with van der Waals surface area (Å²) in [7, 11) is 0. The first-order valence-electron chi connectivity index (χ1n) is 7.22. The molecular weight excluding hydrogens is 252 g/mol. The van der Waals surface area contributed by atoms with Crippen LogP contribution in [0, 0.1) is 13.8 Å². The summed E-state index contributed by atoms with van der Waals surface area (Å²) < 4.78 is 5.62. The van der Waals surface area contributed by atoms with Gasteiger partial charge in [-0.1, -0.05) is 13.0 Å². The van der Waals surface area contributed by atoms with E-state index in [2.05, 4.69) is 30.5 Å². The van der Waals surface area contributed by atoms with Crippen molar-refractivity contribution in [2.45, 2.75) is 40.2 Å². The number of hydrogen-bond acceptors (Lipinski definition) is 3. The minimum absolute atomic E-state index is 0.0270. The molecule has 1 amide bonds. The number of benzene rings is 1. The van der Waals surface area contributed by atoms with E-state index in [1.165, 1.54) is 11.1 Å². The third kappa shape index (κ3) is 6.57. The highest BCUT2D eigenvalue weighted by Gasteiger charge is 2.05. The van der Waals surface area contributed by atoms with Crippen LogP contribution in [0.25, 0.3) is 0 Å². The number of carbonyl (C=O) groups excluding carboxylic acids is 1. The molecule has 2 N–H and O–H groups in total. The summed E-state index contributed by atoms with van der Waals surface area (Å²) in [6, 6.07) is 6.36. The van der Waals surface area contributed by atoms with Gasteiger partial charge in [-0.15, -0.1) is 0 Å². The van der Waals surface area contributed by atoms with Crippen molar-refractivity contribution in [3.8, 4) is 5.75 Å². The largest absolute Gasteiger partial charge is 0.493 e. The van der Waals surface area contributed by atoms with E-state index in [1.807, 2.05) is 26.0 Å². The van der Waals surface area contributed by atoms with Gasteiger partial charge in [0.25, 0.3) is 0 Å². The normalized spacial score (nSPS) is 12.0. The first kappa shape index (κ1) is 16.5. The summed E-state index contributed by atoms with van der Waals surface area (Å²) in [6.45, 7) is 10.1. The van der Waals surface area contributed by atoms with E-state index in [4.69, 9.17) is 4.74 Å². The van der Waals surface area contributed by atoms with Crippen molar-refractivity contribution in [2.75, 3.05) is 19.7 Å². The van der Waals surface area contributed by atoms with Crippen LogP contribution < -0.4 is 15.4 Å². The van der Waals surface area contributed by atoms with Crippen molar-refractivity contribution in [1.29, 1.82) is 0 Å². The monoisotopic (exact) mass is 278 g/mol. The molecule has 0 aliphatic heterocycles. The van der Waals surface area contributed by atoms with Crippen LogP contribution in [-0.4, -0.2) is 31.6 Å². The van der Waals surface area contributed by atoms with Crippen molar-refractivity contribution in [3.63, 3.8) is 0 Å². The number of hydrogen-bond donors (Lipinski definition) is 2. The highest BCUT2D eigenvalue weighted by molar-refractivity contribution is 5.76. The van der Waals surface area contributed by atoms with Crippen molar-refractivity contribution < 1.29 is 9.53 Å². The zero-order valence-electron chi connectivity index (χ0n) is 13.0. The van der Waals surface area contributed by atoms with Crippen LogP contribution in [0.2, 0.25) is 0 Å². The Balaban J connectivity index is 2.24. The Hall–Kier alpha value is -1.55. The minimum Gasteiger partial charge on any atom is -0.493 e. The summed E-state index contributed by atoms with van der Waals surface area (Å²) in [4.78, 5) is 11.7. The van der Waals surface area contributed by atoms with E-state index in [0.29, 0.717) is 25.6 Å². The molecule has 20 heavy (non-hydrogen) atoms. The van der Waals surface area contributed by atoms with E-state index < -0.39 is 0 Å². The van der Waals surface area contributed by atoms with Gasteiger partial charge in [0.05, 0.1) is 13.0 Å². The zero-order valence-corrected chi connectivity index (χ0v) is 13.0. The minimum atomic E-state index is 0.0270. The zero-order chi connectivity index (χ0) is 15.0. The average molecular weight is 278 g/mol. The van der Waals surface area contributed by atoms with Crippen molar-refractivity contribution in [1.82, 2.24) is 10.6 Å². The first-order chi connectivity index (χ1) is 9.51. The molecule has 1 rings (SSSR count). The first-order valence-corrected chi connectivity index (χ1v) is 7.22. The molecule has 1 aromatic carbocycles. The van der Waals surface area contributed by atoms with Gasteiger partial charge in [-0.05, 0) is 50.6 Å². The van der Waals surface area contributed by atoms with E-state index in [9.17, 15) is 4.79 Å². The predicted octanol–water partition coefficient (Wildman–Crippen LogP) is 2.19. The van der Waals surface area contributed by atoms with Crippen LogP contribution in [0.5, 0.6) is 5.75 Å². The fourth-order valence-electron chi connectivity index (χ4n) is 2.05. The molecule has 4 heteroatoms. The van der Waals surface area contributed by atoms with Crippen LogP contribution in [0.1, 0.15) is 31.4 Å². The number of rotatable bonds is 8. The van der Waals surface area contributed by atoms with E-state index in [1.54, 1.807) is 0 Å². The molecule has 0 spiro atoms. The average Bonchev–Trinajstić information content (AvgIpc) is 2.35. The highest BCUT2D eigenvalue weighted by Crippen LogP contribution is 2.16. The van der Waals surface area contributed by atoms with Gasteiger partial charge in [-0.25, -0.2) is 0 Å². The third-order valence-corrected chi connectivity index (χ3v) is 2.95. The Morgan fingerprint density at radius 1 is 1.25 bits per heavy atom. The Morgan fingerprint density at radius 3 is 2.50 bits per heavy atom. The topological polar surface area (TPSA) is 50.4 Å². The maximum atomic E-state index is 11.7. The Labute approximate surface area is 121 Å². The van der Waals surface area contributed by atoms with Gasteiger partial charge in [0, 0.05) is 12.6 Å². The molecule has 0 heterocycles. The maximum Gasteiger partial charge on any atom is 0.223 e. The van der Waals surface area contributed by atoms with E-state index in [-0.39, 0.29) is 5.91 Å². The van der Waals surface area contributed by atoms with Crippen molar-refractivity contribution in [2.24, 2.45) is 0 Å². The van der Waals surface area contributed by atoms with Crippen molar-refractivity contribution in [3.05, 3.63) is 29.3 Å². The van der Waals surface area contributed by atoms with Crippen LogP contribution in [0.15, 0.2) is 18.2 Å². The molecule has 1 atom stereocenters. The number of aryl methyl sites for hydroxylation is 2. The van der Waals surface area contributed by atoms with Crippen LogP contribution in [0.4, 0.5) is 0 Å². The van der Waals surface area contributed by atoms with Gasteiger partial charge < -0.3 is 15.4 Å². The number of nitrogens with one attached hydrogen (secondary N) is 2. The number of carbonyl (C=O) groups is 1. The molecule has 0 fully saturated rings. The molecule has 0 aliphatic carbocycles. The lowest BCUT2D eigenvalue weighted by molar-refractivity contribution is -0.121. The van der Waals surface area contributed by atoms with Gasteiger partial charge in [0.2, 0.25) is 5.91 Å². The summed E-state index contributed by atoms with van der Waals surface area (Å²) in [5.41, 5.74) is 2.34. The number of amides is 1. The van der Waals surface area contributed by atoms with Crippen LogP contribution in [-0.2, 0) is 4.79 Å². The molecule has 112 valence electrons. The quantitative estimate of drug-likeness (QED) is 0.766. The molecule has 0 radical (unpaired) electrons. The molecule has 0 unspecified atom stereocenters. The van der Waals surface area contributed by atoms with Gasteiger partial charge in [0.15, 0.2) is 0 Å². The molecule has 0 bridgehead atoms. The maximum absolute atomic E-state index is 11.7. The molecule has 0 aromatic heterocycles. The molecule has 0 saturated carbocycles. The fraction of sp³-hybridized carbons (Fsp3) is 0.562. The second kappa shape index (κ2) is 8.59. The lowest BCUT2D eigenvalue weighted by Gasteiger charge is -2.13. The molecule has 0 aliphatic rings. The second-order valence-electron chi connectivity index (χ2n) is 5.18. The van der Waals surface area contributed by atoms with Crippen LogP contribution >= 0.6 is 0 Å². The van der Waals surface area contributed by atoms with Crippen LogP contribution in [0.3, 0.4) is 0 Å². The number of likely N-dealkylation sites (N-methyl/N-ethyl adjacent to an activating group) is 1. The van der Waals surface area contributed by atoms with E-state index in [0.717, 1.165) is 12.3 Å². The summed E-state index contributed by atoms with van der Waals surface area (Å²) in [5.74, 6) is 0.857. The summed E-state index contributed by atoms with van der Waals surface area (Å²) in [5, 5.41) is 6.14. The summed E-state index contributed by atoms with van der Waals surface area (Å²) >= 11 is 0. The van der Waals surface area contributed by atoms with Gasteiger partial charge in [-0.2, -0.15) is 0 Å². The smallest absolute Gasteiger partial charge is 0.223 e. The Morgan fingerprint density at radius 2 is 1.90 bits per heavy atom. The molecule has 0 saturated heterocycles. The highest BCUT2D eigenvalue weighted by atomic mass is 16.5. The Kier molecular flexibility index (Phi) is 7.09. The molecular formula is C16H26N2O2.